The summed E-state index contributed by atoms with van der Waals surface area (Å²) in [6.07, 6.45) is 2.26. The maximum atomic E-state index is 13.3. The molecule has 1 heterocycles. The summed E-state index contributed by atoms with van der Waals surface area (Å²) in [5.41, 5.74) is 0.793. The largest absolute Gasteiger partial charge is 0.383 e. The van der Waals surface area contributed by atoms with E-state index in [4.69, 9.17) is 9.72 Å². The lowest BCUT2D eigenvalue weighted by atomic mass is 9.84. The van der Waals surface area contributed by atoms with Crippen LogP contribution in [0.3, 0.4) is 0 Å². The van der Waals surface area contributed by atoms with E-state index < -0.39 is 0 Å². The van der Waals surface area contributed by atoms with E-state index in [1.807, 2.05) is 43.0 Å². The first-order valence-electron chi connectivity index (χ1n) is 11.4. The number of rotatable bonds is 10. The monoisotopic (exact) mass is 429 g/mol. The van der Waals surface area contributed by atoms with Crippen molar-refractivity contribution in [3.8, 4) is 0 Å². The zero-order valence-corrected chi connectivity index (χ0v) is 20.3. The van der Waals surface area contributed by atoms with Crippen molar-refractivity contribution in [3.63, 3.8) is 0 Å². The fraction of sp³-hybridized carbons (Fsp3) is 0.640. The number of fused-ring (bicyclic) bond motifs is 1. The molecule has 0 aliphatic rings. The van der Waals surface area contributed by atoms with E-state index in [1.54, 1.807) is 11.7 Å². The second kappa shape index (κ2) is 10.9. The minimum Gasteiger partial charge on any atom is -0.383 e. The Kier molecular flexibility index (Phi) is 8.80. The quantitative estimate of drug-likeness (QED) is 0.544. The molecule has 2 atom stereocenters. The molecule has 1 amide bonds. The number of aromatic nitrogens is 2. The van der Waals surface area contributed by atoms with Gasteiger partial charge in [-0.15, -0.1) is 0 Å². The number of carbonyl (C=O) groups is 1. The molecule has 2 rings (SSSR count). The Morgan fingerprint density at radius 3 is 2.52 bits per heavy atom. The van der Waals surface area contributed by atoms with Crippen molar-refractivity contribution in [3.05, 3.63) is 40.4 Å². The van der Waals surface area contributed by atoms with Gasteiger partial charge >= 0.3 is 0 Å². The topological polar surface area (TPSA) is 64.4 Å². The minimum atomic E-state index is -0.326. The number of amides is 1. The highest BCUT2D eigenvalue weighted by atomic mass is 16.5. The Balaban J connectivity index is 2.43. The van der Waals surface area contributed by atoms with Crippen LogP contribution in [0.5, 0.6) is 0 Å². The lowest BCUT2D eigenvalue weighted by Gasteiger charge is -2.32. The van der Waals surface area contributed by atoms with E-state index in [0.717, 1.165) is 12.8 Å². The first-order valence-corrected chi connectivity index (χ1v) is 11.4. The molecule has 0 spiro atoms. The van der Waals surface area contributed by atoms with Gasteiger partial charge in [0.25, 0.3) is 5.56 Å². The molecule has 1 aromatic carbocycles. The zero-order valence-electron chi connectivity index (χ0n) is 20.3. The Labute approximate surface area is 186 Å². The molecule has 0 saturated carbocycles. The third-order valence-corrected chi connectivity index (χ3v) is 5.52. The number of ether oxygens (including phenoxy) is 1. The average molecular weight is 430 g/mol. The van der Waals surface area contributed by atoms with Gasteiger partial charge < -0.3 is 9.64 Å². The molecule has 2 aromatic rings. The molecular weight excluding hydrogens is 390 g/mol. The van der Waals surface area contributed by atoms with Gasteiger partial charge in [0, 0.05) is 26.6 Å². The van der Waals surface area contributed by atoms with Crippen LogP contribution in [-0.2, 0) is 16.1 Å². The summed E-state index contributed by atoms with van der Waals surface area (Å²) >= 11 is 0. The number of hydrogen-bond donors (Lipinski definition) is 0. The summed E-state index contributed by atoms with van der Waals surface area (Å²) in [6.45, 7) is 14.2. The van der Waals surface area contributed by atoms with Crippen LogP contribution in [0.25, 0.3) is 10.9 Å². The van der Waals surface area contributed by atoms with Crippen LogP contribution in [0, 0.1) is 11.3 Å². The maximum absolute atomic E-state index is 13.3. The molecule has 6 nitrogen and oxygen atoms in total. The SMILES string of the molecule is CCCn1c(C(C)N(CCOC)C(=O)CC(C)CC(C)(C)C)nc2ccccc2c1=O. The number of para-hydroxylation sites is 1. The molecule has 1 aromatic heterocycles. The third kappa shape index (κ3) is 6.63. The molecule has 0 radical (unpaired) electrons. The second-order valence-corrected chi connectivity index (χ2v) is 9.77. The summed E-state index contributed by atoms with van der Waals surface area (Å²) < 4.78 is 7.02. The van der Waals surface area contributed by atoms with Crippen molar-refractivity contribution in [2.24, 2.45) is 11.3 Å². The van der Waals surface area contributed by atoms with Gasteiger partial charge in [0.05, 0.1) is 23.6 Å². The van der Waals surface area contributed by atoms with Gasteiger partial charge in [-0.3, -0.25) is 14.2 Å². The van der Waals surface area contributed by atoms with E-state index in [1.165, 1.54) is 0 Å². The molecule has 0 aliphatic carbocycles. The number of nitrogens with zero attached hydrogens (tertiary/aromatic N) is 3. The van der Waals surface area contributed by atoms with Crippen LogP contribution in [-0.4, -0.2) is 40.6 Å². The lowest BCUT2D eigenvalue weighted by molar-refractivity contribution is -0.135. The molecule has 6 heteroatoms. The van der Waals surface area contributed by atoms with Gasteiger partial charge in [-0.2, -0.15) is 0 Å². The number of carbonyl (C=O) groups excluding carboxylic acids is 1. The molecule has 0 saturated heterocycles. The first kappa shape index (κ1) is 25.1. The van der Waals surface area contributed by atoms with Gasteiger partial charge in [-0.1, -0.05) is 46.8 Å². The van der Waals surface area contributed by atoms with Crippen molar-refractivity contribution in [2.75, 3.05) is 20.3 Å². The van der Waals surface area contributed by atoms with Gasteiger partial charge in [-0.05, 0) is 43.2 Å². The van der Waals surface area contributed by atoms with Gasteiger partial charge in [0.1, 0.15) is 5.82 Å². The molecule has 2 unspecified atom stereocenters. The Morgan fingerprint density at radius 2 is 1.90 bits per heavy atom. The fourth-order valence-corrected chi connectivity index (χ4v) is 4.34. The van der Waals surface area contributed by atoms with Crippen LogP contribution >= 0.6 is 0 Å². The van der Waals surface area contributed by atoms with Gasteiger partial charge in [-0.25, -0.2) is 4.98 Å². The number of hydrogen-bond acceptors (Lipinski definition) is 4. The zero-order chi connectivity index (χ0) is 23.2. The smallest absolute Gasteiger partial charge is 0.261 e. The number of benzene rings is 1. The van der Waals surface area contributed by atoms with E-state index in [-0.39, 0.29) is 28.8 Å². The Hall–Kier alpha value is -2.21. The van der Waals surface area contributed by atoms with E-state index in [2.05, 4.69) is 27.7 Å². The molecule has 0 N–H and O–H groups in total. The predicted molar refractivity (Wildman–Crippen MR) is 126 cm³/mol. The van der Waals surface area contributed by atoms with Crippen molar-refractivity contribution in [2.45, 2.75) is 73.4 Å². The van der Waals surface area contributed by atoms with Crippen LogP contribution in [0.1, 0.15) is 72.7 Å². The van der Waals surface area contributed by atoms with E-state index in [9.17, 15) is 9.59 Å². The third-order valence-electron chi connectivity index (χ3n) is 5.52. The Bertz CT molecular complexity index is 930. The van der Waals surface area contributed by atoms with E-state index in [0.29, 0.717) is 42.8 Å². The summed E-state index contributed by atoms with van der Waals surface area (Å²) in [5, 5.41) is 0.612. The molecule has 0 fully saturated rings. The fourth-order valence-electron chi connectivity index (χ4n) is 4.34. The number of methoxy groups -OCH3 is 1. The Morgan fingerprint density at radius 1 is 1.23 bits per heavy atom. The standard InChI is InChI=1S/C25H39N3O3/c1-8-13-28-23(26-21-12-10-9-11-20(21)24(28)30)19(3)27(14-15-31-7)22(29)16-18(2)17-25(4,5)6/h9-12,18-19H,8,13-17H2,1-7H3. The van der Waals surface area contributed by atoms with Gasteiger partial charge in [0.15, 0.2) is 0 Å². The van der Waals surface area contributed by atoms with Crippen molar-refractivity contribution >= 4 is 16.8 Å². The highest BCUT2D eigenvalue weighted by Crippen LogP contribution is 2.28. The van der Waals surface area contributed by atoms with Crippen LogP contribution in [0.15, 0.2) is 29.1 Å². The highest BCUT2D eigenvalue weighted by molar-refractivity contribution is 5.78. The summed E-state index contributed by atoms with van der Waals surface area (Å²) in [7, 11) is 1.64. The van der Waals surface area contributed by atoms with Crippen molar-refractivity contribution in [1.29, 1.82) is 0 Å². The molecule has 31 heavy (non-hydrogen) atoms. The van der Waals surface area contributed by atoms with Crippen LogP contribution in [0.2, 0.25) is 0 Å². The normalized spacial score (nSPS) is 13.9. The highest BCUT2D eigenvalue weighted by Gasteiger charge is 2.28. The molecule has 0 aliphatic heterocycles. The van der Waals surface area contributed by atoms with Gasteiger partial charge in [0.2, 0.25) is 5.91 Å². The summed E-state index contributed by atoms with van der Waals surface area (Å²) in [5.74, 6) is 0.984. The molecule has 172 valence electrons. The first-order chi connectivity index (χ1) is 14.6. The van der Waals surface area contributed by atoms with Crippen molar-refractivity contribution in [1.82, 2.24) is 14.5 Å². The van der Waals surface area contributed by atoms with Crippen molar-refractivity contribution < 1.29 is 9.53 Å². The molecule has 0 bridgehead atoms. The van der Waals surface area contributed by atoms with Crippen LogP contribution < -0.4 is 5.56 Å². The minimum absolute atomic E-state index is 0.0467. The predicted octanol–water partition coefficient (Wildman–Crippen LogP) is 4.80. The summed E-state index contributed by atoms with van der Waals surface area (Å²) in [4.78, 5) is 33.2. The van der Waals surface area contributed by atoms with E-state index >= 15 is 0 Å². The second-order valence-electron chi connectivity index (χ2n) is 9.77. The average Bonchev–Trinajstić information content (AvgIpc) is 2.68. The lowest BCUT2D eigenvalue weighted by Crippen LogP contribution is -2.40. The summed E-state index contributed by atoms with van der Waals surface area (Å²) in [6, 6.07) is 7.09. The van der Waals surface area contributed by atoms with Crippen LogP contribution in [0.4, 0.5) is 0 Å². The molecular formula is C25H39N3O3. The maximum Gasteiger partial charge on any atom is 0.261 e.